The van der Waals surface area contributed by atoms with Crippen LogP contribution in [0.25, 0.3) is 0 Å². The maximum Gasteiger partial charge on any atom is 0.271 e. The lowest BCUT2D eigenvalue weighted by Gasteiger charge is -2.29. The van der Waals surface area contributed by atoms with Crippen molar-refractivity contribution in [2.75, 3.05) is 18.5 Å². The Morgan fingerprint density at radius 1 is 1.61 bits per heavy atom. The Morgan fingerprint density at radius 2 is 2.39 bits per heavy atom. The molecule has 0 saturated carbocycles. The van der Waals surface area contributed by atoms with Crippen LogP contribution in [-0.2, 0) is 9.53 Å². The fourth-order valence-corrected chi connectivity index (χ4v) is 2.13. The number of morpholine rings is 1. The summed E-state index contributed by atoms with van der Waals surface area (Å²) in [4.78, 5) is 26.1. The number of amides is 1. The van der Waals surface area contributed by atoms with E-state index in [9.17, 15) is 9.59 Å². The Morgan fingerprint density at radius 3 is 3.11 bits per heavy atom. The van der Waals surface area contributed by atoms with Crippen molar-refractivity contribution >= 4 is 27.5 Å². The van der Waals surface area contributed by atoms with Crippen molar-refractivity contribution < 1.29 is 9.53 Å². The lowest BCUT2D eigenvalue weighted by Crippen LogP contribution is -2.53. The summed E-state index contributed by atoms with van der Waals surface area (Å²) in [6, 6.07) is 1.11. The molecule has 6 nitrogen and oxygen atoms in total. The summed E-state index contributed by atoms with van der Waals surface area (Å²) < 4.78 is 6.08. The third kappa shape index (κ3) is 2.98. The van der Waals surface area contributed by atoms with Gasteiger partial charge in [-0.1, -0.05) is 0 Å². The predicted octanol–water partition coefficient (Wildman–Crippen LogP) is 0.453. The van der Waals surface area contributed by atoms with Crippen molar-refractivity contribution in [1.29, 1.82) is 0 Å². The van der Waals surface area contributed by atoms with E-state index in [2.05, 4.69) is 31.5 Å². The Hall–Kier alpha value is -1.18. The van der Waals surface area contributed by atoms with E-state index in [1.807, 2.05) is 6.92 Å². The van der Waals surface area contributed by atoms with Gasteiger partial charge in [-0.05, 0) is 28.9 Å². The number of halogens is 1. The van der Waals surface area contributed by atoms with Crippen molar-refractivity contribution in [3.63, 3.8) is 0 Å². The van der Waals surface area contributed by atoms with Crippen LogP contribution in [0.1, 0.15) is 6.92 Å². The van der Waals surface area contributed by atoms with Gasteiger partial charge >= 0.3 is 0 Å². The molecule has 1 saturated heterocycles. The Bertz CT molecular complexity index is 503. The molecule has 0 unspecified atom stereocenters. The maximum atomic E-state index is 12.0. The van der Waals surface area contributed by atoms with E-state index >= 15 is 0 Å². The van der Waals surface area contributed by atoms with Crippen molar-refractivity contribution in [2.24, 2.45) is 0 Å². The van der Waals surface area contributed by atoms with E-state index in [-0.39, 0.29) is 23.3 Å². The summed E-state index contributed by atoms with van der Waals surface area (Å²) in [6.45, 7) is 3.03. The van der Waals surface area contributed by atoms with Crippen LogP contribution in [0.2, 0.25) is 0 Å². The fraction of sp³-hybridized carbons (Fsp3) is 0.455. The quantitative estimate of drug-likeness (QED) is 0.740. The highest BCUT2D eigenvalue weighted by Gasteiger charge is 2.28. The number of carbonyl (C=O) groups excluding carboxylic acids is 1. The molecule has 98 valence electrons. The number of ether oxygens (including phenoxy) is 1. The molecule has 1 aliphatic rings. The first-order valence-corrected chi connectivity index (χ1v) is 6.41. The van der Waals surface area contributed by atoms with Crippen LogP contribution in [0.15, 0.2) is 21.5 Å². The van der Waals surface area contributed by atoms with E-state index in [4.69, 9.17) is 4.74 Å². The van der Waals surface area contributed by atoms with Crippen molar-refractivity contribution in [3.05, 3.63) is 27.1 Å². The van der Waals surface area contributed by atoms with Gasteiger partial charge in [0.25, 0.3) is 5.56 Å². The summed E-state index contributed by atoms with van der Waals surface area (Å²) in [5.74, 6) is -0.272. The van der Waals surface area contributed by atoms with Crippen LogP contribution in [0.3, 0.4) is 0 Å². The average Bonchev–Trinajstić information content (AvgIpc) is 2.34. The molecule has 18 heavy (non-hydrogen) atoms. The topological polar surface area (TPSA) is 83.2 Å². The van der Waals surface area contributed by atoms with Gasteiger partial charge in [0, 0.05) is 17.2 Å². The van der Waals surface area contributed by atoms with Gasteiger partial charge in [-0.3, -0.25) is 9.59 Å². The fourth-order valence-electron chi connectivity index (χ4n) is 1.79. The molecule has 0 bridgehead atoms. The van der Waals surface area contributed by atoms with E-state index < -0.39 is 6.04 Å². The highest BCUT2D eigenvalue weighted by molar-refractivity contribution is 9.10. The average molecular weight is 316 g/mol. The summed E-state index contributed by atoms with van der Waals surface area (Å²) in [7, 11) is 0. The monoisotopic (exact) mass is 315 g/mol. The minimum atomic E-state index is -0.447. The molecule has 2 heterocycles. The van der Waals surface area contributed by atoms with Crippen LogP contribution in [0.5, 0.6) is 0 Å². The number of nitrogens with one attached hydrogen (secondary N) is 3. The van der Waals surface area contributed by atoms with Crippen molar-refractivity contribution in [1.82, 2.24) is 10.3 Å². The van der Waals surface area contributed by atoms with E-state index in [1.54, 1.807) is 6.07 Å². The Kier molecular flexibility index (Phi) is 4.15. The number of hydrogen-bond acceptors (Lipinski definition) is 4. The molecule has 1 fully saturated rings. The van der Waals surface area contributed by atoms with Gasteiger partial charge < -0.3 is 20.4 Å². The highest BCUT2D eigenvalue weighted by atomic mass is 79.9. The van der Waals surface area contributed by atoms with E-state index in [1.165, 1.54) is 6.20 Å². The number of carbonyl (C=O) groups is 1. The van der Waals surface area contributed by atoms with Gasteiger partial charge in [-0.25, -0.2) is 0 Å². The minimum Gasteiger partial charge on any atom is -0.375 e. The zero-order valence-corrected chi connectivity index (χ0v) is 11.4. The van der Waals surface area contributed by atoms with Gasteiger partial charge in [0.15, 0.2) is 0 Å². The molecule has 0 aliphatic carbocycles. The molecule has 1 aromatic heterocycles. The first-order valence-electron chi connectivity index (χ1n) is 5.62. The van der Waals surface area contributed by atoms with E-state index in [0.717, 1.165) is 0 Å². The lowest BCUT2D eigenvalue weighted by molar-refractivity contribution is -0.123. The number of H-pyrrole nitrogens is 1. The smallest absolute Gasteiger partial charge is 0.271 e. The van der Waals surface area contributed by atoms with E-state index in [0.29, 0.717) is 17.6 Å². The van der Waals surface area contributed by atoms with Crippen LogP contribution in [0.4, 0.5) is 5.69 Å². The number of anilines is 1. The molecule has 0 aromatic carbocycles. The summed E-state index contributed by atoms with van der Waals surface area (Å²) >= 11 is 3.23. The molecular formula is C11H14BrN3O3. The first-order chi connectivity index (χ1) is 8.58. The van der Waals surface area contributed by atoms with Crippen LogP contribution < -0.4 is 16.2 Å². The Balaban J connectivity index is 2.11. The molecular weight excluding hydrogens is 302 g/mol. The normalized spacial score (nSPS) is 23.7. The molecule has 1 aromatic rings. The zero-order valence-electron chi connectivity index (χ0n) is 9.83. The molecule has 3 N–H and O–H groups in total. The van der Waals surface area contributed by atoms with Gasteiger partial charge in [0.05, 0.1) is 12.7 Å². The molecule has 0 spiro atoms. The summed E-state index contributed by atoms with van der Waals surface area (Å²) in [5, 5.41) is 5.66. The second kappa shape index (κ2) is 5.64. The van der Waals surface area contributed by atoms with Crippen LogP contribution in [0, 0.1) is 0 Å². The number of hydrogen-bond donors (Lipinski definition) is 3. The van der Waals surface area contributed by atoms with Gasteiger partial charge in [-0.15, -0.1) is 0 Å². The van der Waals surface area contributed by atoms with Gasteiger partial charge in [0.2, 0.25) is 5.91 Å². The lowest BCUT2D eigenvalue weighted by atomic mass is 10.1. The van der Waals surface area contributed by atoms with Gasteiger partial charge in [0.1, 0.15) is 11.7 Å². The third-order valence-corrected chi connectivity index (χ3v) is 3.18. The van der Waals surface area contributed by atoms with Crippen molar-refractivity contribution in [2.45, 2.75) is 19.1 Å². The standard InChI is InChI=1S/C11H14BrN3O3/c1-6-9(13-2-3-18-6)11(17)15-8-4-7(12)5-14-10(8)16/h4-6,9,13H,2-3H2,1H3,(H,14,16)(H,15,17)/t6-,9+/m1/s1. The van der Waals surface area contributed by atoms with Crippen LogP contribution in [-0.4, -0.2) is 36.2 Å². The summed E-state index contributed by atoms with van der Waals surface area (Å²) in [5.41, 5.74) is -0.120. The van der Waals surface area contributed by atoms with Crippen molar-refractivity contribution in [3.8, 4) is 0 Å². The first kappa shape index (κ1) is 13.3. The number of aromatic nitrogens is 1. The largest absolute Gasteiger partial charge is 0.375 e. The SMILES string of the molecule is C[C@H]1OCCN[C@@H]1C(=O)Nc1cc(Br)c[nH]c1=O. The Labute approximate surface area is 112 Å². The molecule has 1 amide bonds. The maximum absolute atomic E-state index is 12.0. The minimum absolute atomic E-state index is 0.217. The second-order valence-corrected chi connectivity index (χ2v) is 4.97. The van der Waals surface area contributed by atoms with Gasteiger partial charge in [-0.2, -0.15) is 0 Å². The molecule has 2 atom stereocenters. The molecule has 2 rings (SSSR count). The predicted molar refractivity (Wildman–Crippen MR) is 70.6 cm³/mol. The molecule has 1 aliphatic heterocycles. The second-order valence-electron chi connectivity index (χ2n) is 4.06. The zero-order chi connectivity index (χ0) is 13.1. The number of rotatable bonds is 2. The highest BCUT2D eigenvalue weighted by Crippen LogP contribution is 2.12. The number of pyridine rings is 1. The third-order valence-electron chi connectivity index (χ3n) is 2.72. The number of aromatic amines is 1. The molecule has 7 heteroatoms. The molecule has 0 radical (unpaired) electrons. The summed E-state index contributed by atoms with van der Waals surface area (Å²) in [6.07, 6.45) is 1.30. The van der Waals surface area contributed by atoms with Crippen LogP contribution >= 0.6 is 15.9 Å².